The monoisotopic (exact) mass is 603 g/mol. The Hall–Kier alpha value is -3.89. The predicted molar refractivity (Wildman–Crippen MR) is 140 cm³/mol. The van der Waals surface area contributed by atoms with Crippen LogP contribution in [0, 0.1) is 0 Å². The van der Waals surface area contributed by atoms with Gasteiger partial charge < -0.3 is 30.9 Å². The number of nitrogens with two attached hydrogens (primary N) is 1. The fourth-order valence-electron chi connectivity index (χ4n) is 4.03. The Balaban J connectivity index is 0.000000745. The second-order valence-electron chi connectivity index (χ2n) is 9.56. The first-order valence-electron chi connectivity index (χ1n) is 11.9. The number of hydrogen-bond acceptors (Lipinski definition) is 7. The highest BCUT2D eigenvalue weighted by Crippen LogP contribution is 2.40. The molecule has 2 aliphatic rings. The average molecular weight is 604 g/mol. The van der Waals surface area contributed by atoms with E-state index in [0.29, 0.717) is 17.9 Å². The lowest BCUT2D eigenvalue weighted by Crippen LogP contribution is -2.70. The van der Waals surface area contributed by atoms with Crippen LogP contribution in [0.3, 0.4) is 0 Å². The maximum Gasteiger partial charge on any atom is 0.490 e. The smallest absolute Gasteiger partial charge is 0.477 e. The minimum absolute atomic E-state index is 0.0892. The normalized spacial score (nSPS) is 19.5. The lowest BCUT2D eigenvalue weighted by atomic mass is 10.0. The zero-order valence-corrected chi connectivity index (χ0v) is 22.8. The van der Waals surface area contributed by atoms with E-state index in [2.05, 4.69) is 5.32 Å². The number of rotatable bonds is 10. The Labute approximate surface area is 236 Å². The molecule has 0 unspecified atom stereocenters. The number of allylic oxidation sites excluding steroid dienone is 1. The number of nitrogens with zero attached hydrogens (tertiary/aromatic N) is 2. The number of quaternary nitrogens is 1. The molecule has 2 aliphatic heterocycles. The van der Waals surface area contributed by atoms with E-state index in [-0.39, 0.29) is 22.5 Å². The number of aliphatic carboxylic acids is 2. The van der Waals surface area contributed by atoms with Crippen LogP contribution in [0.2, 0.25) is 0 Å². The molecule has 2 heterocycles. The van der Waals surface area contributed by atoms with Gasteiger partial charge >= 0.3 is 18.1 Å². The predicted octanol–water partition coefficient (Wildman–Crippen LogP) is 0.0798. The van der Waals surface area contributed by atoms with E-state index in [1.165, 1.54) is 16.7 Å². The highest BCUT2D eigenvalue weighted by Gasteiger charge is 2.54. The van der Waals surface area contributed by atoms with Gasteiger partial charge in [-0.1, -0.05) is 36.4 Å². The lowest BCUT2D eigenvalue weighted by Gasteiger charge is -2.49. The van der Waals surface area contributed by atoms with Crippen LogP contribution in [0.25, 0.3) is 0 Å². The molecule has 41 heavy (non-hydrogen) atoms. The van der Waals surface area contributed by atoms with Gasteiger partial charge in [0, 0.05) is 5.75 Å². The van der Waals surface area contributed by atoms with Crippen molar-refractivity contribution in [2.75, 3.05) is 33.0 Å². The first-order valence-corrected chi connectivity index (χ1v) is 13.0. The third-order valence-electron chi connectivity index (χ3n) is 6.21. The molecule has 0 aromatic heterocycles. The van der Waals surface area contributed by atoms with Crippen LogP contribution >= 0.6 is 11.8 Å². The molecule has 0 saturated carbocycles. The summed E-state index contributed by atoms with van der Waals surface area (Å²) >= 11 is 1.37. The van der Waals surface area contributed by atoms with E-state index >= 15 is 0 Å². The number of alkyl halides is 3. The van der Waals surface area contributed by atoms with Crippen LogP contribution in [0.15, 0.2) is 53.8 Å². The molecule has 0 bridgehead atoms. The van der Waals surface area contributed by atoms with Crippen LogP contribution < -0.4 is 11.1 Å². The molecule has 1 aromatic rings. The zero-order chi connectivity index (χ0) is 31.1. The number of carboxylic acids is 2. The number of likely N-dealkylation sites (N-methyl/N-ethyl adjacent to an activating group) is 1. The van der Waals surface area contributed by atoms with Gasteiger partial charge in [-0.3, -0.25) is 19.3 Å². The summed E-state index contributed by atoms with van der Waals surface area (Å²) in [5.41, 5.74) is 6.51. The number of amides is 3. The fourth-order valence-corrected chi connectivity index (χ4v) is 5.34. The summed E-state index contributed by atoms with van der Waals surface area (Å²) < 4.78 is 31.8. The molecule has 0 radical (unpaired) electrons. The number of β-lactam (4-membered cyclic amide) rings is 1. The van der Waals surface area contributed by atoms with Gasteiger partial charge in [-0.2, -0.15) is 13.2 Å². The van der Waals surface area contributed by atoms with Crippen molar-refractivity contribution in [3.8, 4) is 0 Å². The number of carbonyl (C=O) groups excluding carboxylic acids is 3. The van der Waals surface area contributed by atoms with Crippen molar-refractivity contribution in [3.05, 3.63) is 59.3 Å². The lowest BCUT2D eigenvalue weighted by molar-refractivity contribution is -0.900. The van der Waals surface area contributed by atoms with Gasteiger partial charge in [0.15, 0.2) is 6.04 Å². The highest BCUT2D eigenvalue weighted by atomic mass is 32.2. The minimum atomic E-state index is -5.08. The van der Waals surface area contributed by atoms with Crippen LogP contribution in [0.1, 0.15) is 5.56 Å². The second kappa shape index (κ2) is 13.6. The van der Waals surface area contributed by atoms with Crippen LogP contribution in [-0.2, 0) is 30.4 Å². The van der Waals surface area contributed by atoms with E-state index in [1.807, 2.05) is 30.3 Å². The number of primary amides is 1. The van der Waals surface area contributed by atoms with Crippen molar-refractivity contribution in [3.63, 3.8) is 0 Å². The summed E-state index contributed by atoms with van der Waals surface area (Å²) in [6.45, 7) is -0.0960. The third-order valence-corrected chi connectivity index (χ3v) is 7.51. The van der Waals surface area contributed by atoms with Crippen molar-refractivity contribution < 1.29 is 56.9 Å². The van der Waals surface area contributed by atoms with E-state index in [1.54, 1.807) is 26.2 Å². The van der Waals surface area contributed by atoms with Crippen molar-refractivity contribution >= 4 is 41.4 Å². The number of carboxylic acid groups (broad SMARTS) is 2. The number of aliphatic hydroxyl groups excluding tert-OH is 1. The zero-order valence-electron chi connectivity index (χ0n) is 22.0. The number of carbonyl (C=O) groups is 5. The first-order chi connectivity index (χ1) is 19.0. The summed E-state index contributed by atoms with van der Waals surface area (Å²) in [4.78, 5) is 58.8. The average Bonchev–Trinajstić information content (AvgIpc) is 2.87. The number of hydrogen-bond donors (Lipinski definition) is 5. The SMILES string of the molecule is C[N+](C)(C/C=C/C1=C(C(=O)O)N2C(=O)[C@@H](NC(=O)Cc3ccccc3)[C@H]2SC1)[C@H](CO)C(N)=O.O=C(O)C(F)(F)F. The van der Waals surface area contributed by atoms with E-state index < -0.39 is 54.0 Å². The largest absolute Gasteiger partial charge is 0.490 e. The quantitative estimate of drug-likeness (QED) is 0.182. The molecule has 12 nitrogen and oxygen atoms in total. The molecular weight excluding hydrogens is 573 g/mol. The van der Waals surface area contributed by atoms with E-state index in [4.69, 9.17) is 15.6 Å². The van der Waals surface area contributed by atoms with Crippen molar-refractivity contribution in [2.24, 2.45) is 5.73 Å². The number of aliphatic hydroxyl groups is 1. The highest BCUT2D eigenvalue weighted by molar-refractivity contribution is 8.00. The molecule has 0 spiro atoms. The van der Waals surface area contributed by atoms with E-state index in [0.717, 1.165) is 5.56 Å². The number of fused-ring (bicyclic) bond motifs is 1. The van der Waals surface area contributed by atoms with Gasteiger partial charge in [-0.05, 0) is 17.2 Å². The van der Waals surface area contributed by atoms with Gasteiger partial charge in [0.2, 0.25) is 5.91 Å². The molecule has 3 atom stereocenters. The number of thioether (sulfide) groups is 1. The molecule has 1 aromatic carbocycles. The van der Waals surface area contributed by atoms with Gasteiger partial charge in [-0.15, -0.1) is 11.8 Å². The van der Waals surface area contributed by atoms with Gasteiger partial charge in [-0.25, -0.2) is 9.59 Å². The maximum atomic E-state index is 12.8. The Morgan fingerprint density at radius 1 is 1.20 bits per heavy atom. The first kappa shape index (κ1) is 33.3. The molecule has 3 amide bonds. The molecule has 1 saturated heterocycles. The van der Waals surface area contributed by atoms with Crippen LogP contribution in [0.5, 0.6) is 0 Å². The number of halogens is 3. The summed E-state index contributed by atoms with van der Waals surface area (Å²) in [5.74, 6) is -5.05. The van der Waals surface area contributed by atoms with Crippen LogP contribution in [-0.4, -0.2) is 111 Å². The van der Waals surface area contributed by atoms with Gasteiger partial charge in [0.1, 0.15) is 23.7 Å². The molecule has 16 heteroatoms. The molecule has 3 rings (SSSR count). The third kappa shape index (κ3) is 8.55. The van der Waals surface area contributed by atoms with E-state index in [9.17, 15) is 42.6 Å². The molecule has 6 N–H and O–H groups in total. The minimum Gasteiger partial charge on any atom is -0.477 e. The molecule has 1 fully saturated rings. The number of benzene rings is 1. The number of nitrogens with one attached hydrogen (secondary N) is 1. The molecule has 224 valence electrons. The van der Waals surface area contributed by atoms with Crippen molar-refractivity contribution in [2.45, 2.75) is 30.1 Å². The fraction of sp³-hybridized carbons (Fsp3) is 0.400. The summed E-state index contributed by atoms with van der Waals surface area (Å²) in [6, 6.07) is 7.55. The molecular formula is C25H30F3N4O8S+. The van der Waals surface area contributed by atoms with Crippen molar-refractivity contribution in [1.82, 2.24) is 10.2 Å². The van der Waals surface area contributed by atoms with Crippen molar-refractivity contribution in [1.29, 1.82) is 0 Å². The Morgan fingerprint density at radius 3 is 2.27 bits per heavy atom. The standard InChI is InChI=1S/C23H28N4O6S.C2HF3O2/c1-27(2,16(12-28)20(24)30)10-6-9-15-13-34-22-18(21(31)26(22)19(15)23(32)33)25-17(29)11-14-7-4-3-5-8-14;3-2(4,5)1(6)7/h3-9,16,18,22,28H,10-13H2,1-2H3,(H3-,24,25,29,30,32,33);(H,6,7)/p+1/b9-6+;/t16-,18-,22-;/m1./s1. The Kier molecular flexibility index (Phi) is 11.1. The Bertz CT molecular complexity index is 1240. The maximum absolute atomic E-state index is 12.8. The van der Waals surface area contributed by atoms with Gasteiger partial charge in [0.25, 0.3) is 11.8 Å². The van der Waals surface area contributed by atoms with Crippen LogP contribution in [0.4, 0.5) is 13.2 Å². The topological polar surface area (TPSA) is 187 Å². The summed E-state index contributed by atoms with van der Waals surface area (Å²) in [5, 5.41) is 28.6. The second-order valence-corrected chi connectivity index (χ2v) is 10.7. The summed E-state index contributed by atoms with van der Waals surface area (Å²) in [7, 11) is 3.46. The summed E-state index contributed by atoms with van der Waals surface area (Å²) in [6.07, 6.45) is -1.63. The Morgan fingerprint density at radius 2 is 1.78 bits per heavy atom. The van der Waals surface area contributed by atoms with Gasteiger partial charge in [0.05, 0.1) is 27.1 Å². The molecule has 0 aliphatic carbocycles.